The van der Waals surface area contributed by atoms with Crippen LogP contribution in [0.2, 0.25) is 0 Å². The lowest BCUT2D eigenvalue weighted by molar-refractivity contribution is 0.330. The molecule has 3 rings (SSSR count). The van der Waals surface area contributed by atoms with Crippen LogP contribution in [0.5, 0.6) is 0 Å². The number of hydrogen-bond acceptors (Lipinski definition) is 3. The van der Waals surface area contributed by atoms with Crippen LogP contribution in [-0.2, 0) is 6.54 Å². The van der Waals surface area contributed by atoms with E-state index in [1.54, 1.807) is 6.07 Å². The second-order valence-corrected chi connectivity index (χ2v) is 8.71. The van der Waals surface area contributed by atoms with Crippen molar-refractivity contribution in [3.8, 4) is 0 Å². The second-order valence-electron chi connectivity index (χ2n) is 8.71. The van der Waals surface area contributed by atoms with Crippen LogP contribution < -0.4 is 5.73 Å². The van der Waals surface area contributed by atoms with E-state index in [0.29, 0.717) is 25.3 Å². The Kier molecular flexibility index (Phi) is 6.32. The van der Waals surface area contributed by atoms with E-state index in [1.807, 2.05) is 31.7 Å². The maximum absolute atomic E-state index is 14.4. The summed E-state index contributed by atoms with van der Waals surface area (Å²) in [5.74, 6) is -0.606. The van der Waals surface area contributed by atoms with Gasteiger partial charge in [-0.25, -0.2) is 13.2 Å². The van der Waals surface area contributed by atoms with E-state index < -0.39 is 23.7 Å². The Morgan fingerprint density at radius 3 is 2.52 bits per heavy atom. The minimum absolute atomic E-state index is 0.246. The summed E-state index contributed by atoms with van der Waals surface area (Å²) in [6, 6.07) is 8.98. The predicted octanol–water partition coefficient (Wildman–Crippen LogP) is 5.21. The Bertz CT molecular complexity index is 889. The van der Waals surface area contributed by atoms with Crippen molar-refractivity contribution in [3.05, 3.63) is 71.0 Å². The van der Waals surface area contributed by atoms with E-state index in [1.165, 1.54) is 18.2 Å². The van der Waals surface area contributed by atoms with Crippen molar-refractivity contribution in [1.82, 2.24) is 4.90 Å². The summed E-state index contributed by atoms with van der Waals surface area (Å²) in [6.45, 7) is 7.17. The summed E-state index contributed by atoms with van der Waals surface area (Å²) in [4.78, 5) is 6.87. The molecule has 2 N–H and O–H groups in total. The molecule has 0 spiro atoms. The fraction of sp³-hybridized carbons (Fsp3) is 0.435. The van der Waals surface area contributed by atoms with Gasteiger partial charge in [0, 0.05) is 18.7 Å². The van der Waals surface area contributed by atoms with Gasteiger partial charge in [0.2, 0.25) is 0 Å². The van der Waals surface area contributed by atoms with Crippen LogP contribution in [0.25, 0.3) is 0 Å². The zero-order valence-electron chi connectivity index (χ0n) is 17.1. The molecule has 2 atom stereocenters. The highest BCUT2D eigenvalue weighted by molar-refractivity contribution is 5.88. The van der Waals surface area contributed by atoms with Crippen LogP contribution in [0.1, 0.15) is 50.8 Å². The van der Waals surface area contributed by atoms with Gasteiger partial charge in [-0.2, -0.15) is 0 Å². The van der Waals surface area contributed by atoms with Gasteiger partial charge in [-0.15, -0.1) is 0 Å². The number of rotatable bonds is 4. The van der Waals surface area contributed by atoms with E-state index in [2.05, 4.69) is 0 Å². The monoisotopic (exact) mass is 403 g/mol. The minimum atomic E-state index is -0.508. The summed E-state index contributed by atoms with van der Waals surface area (Å²) < 4.78 is 41.8. The van der Waals surface area contributed by atoms with E-state index in [9.17, 15) is 13.2 Å². The molecule has 2 aromatic rings. The van der Waals surface area contributed by atoms with Crippen LogP contribution >= 0.6 is 0 Å². The zero-order chi connectivity index (χ0) is 21.2. The average molecular weight is 403 g/mol. The Balaban J connectivity index is 2.01. The molecular weight excluding hydrogens is 375 g/mol. The molecule has 2 unspecified atom stereocenters. The quantitative estimate of drug-likeness (QED) is 0.761. The molecule has 2 aromatic carbocycles. The van der Waals surface area contributed by atoms with Gasteiger partial charge in [-0.3, -0.25) is 4.99 Å². The third kappa shape index (κ3) is 5.18. The number of amidine groups is 1. The predicted molar refractivity (Wildman–Crippen MR) is 110 cm³/mol. The lowest BCUT2D eigenvalue weighted by Gasteiger charge is -2.35. The Labute approximate surface area is 170 Å². The fourth-order valence-electron chi connectivity index (χ4n) is 3.57. The largest absolute Gasteiger partial charge is 0.355 e. The van der Waals surface area contributed by atoms with E-state index in [0.717, 1.165) is 24.1 Å². The maximum Gasteiger partial charge on any atom is 0.128 e. The van der Waals surface area contributed by atoms with E-state index >= 15 is 0 Å². The first-order valence-electron chi connectivity index (χ1n) is 9.93. The zero-order valence-corrected chi connectivity index (χ0v) is 17.1. The Hall–Kier alpha value is -2.34. The molecule has 0 aliphatic carbocycles. The smallest absolute Gasteiger partial charge is 0.128 e. The van der Waals surface area contributed by atoms with Crippen molar-refractivity contribution in [1.29, 1.82) is 0 Å². The van der Waals surface area contributed by atoms with Gasteiger partial charge >= 0.3 is 0 Å². The SMILES string of the molecule is CC(C)(C)C(N)C1=NC(c2cc(F)ccc2F)CCCN1Cc1cccc(F)c1. The van der Waals surface area contributed by atoms with Crippen molar-refractivity contribution in [3.63, 3.8) is 0 Å². The first-order valence-corrected chi connectivity index (χ1v) is 9.93. The molecule has 1 aliphatic rings. The molecule has 0 saturated carbocycles. The van der Waals surface area contributed by atoms with Crippen molar-refractivity contribution >= 4 is 5.84 Å². The van der Waals surface area contributed by atoms with Crippen LogP contribution in [0.4, 0.5) is 13.2 Å². The fourth-order valence-corrected chi connectivity index (χ4v) is 3.57. The van der Waals surface area contributed by atoms with Crippen LogP contribution in [0, 0.1) is 22.9 Å². The highest BCUT2D eigenvalue weighted by Gasteiger charge is 2.32. The highest BCUT2D eigenvalue weighted by Crippen LogP contribution is 2.32. The van der Waals surface area contributed by atoms with Gasteiger partial charge in [0.05, 0.1) is 12.1 Å². The molecule has 0 aromatic heterocycles. The summed E-state index contributed by atoms with van der Waals surface area (Å²) in [5.41, 5.74) is 7.34. The number of benzene rings is 2. The van der Waals surface area contributed by atoms with Gasteiger partial charge in [0.15, 0.2) is 0 Å². The standard InChI is InChI=1S/C23H28F3N3/c1-23(2,3)21(27)22-28-20(18-13-17(25)9-10-19(18)26)8-5-11-29(22)14-15-6-4-7-16(24)12-15/h4,6-7,9-10,12-13,20-21H,5,8,11,14,27H2,1-3H3. The topological polar surface area (TPSA) is 41.6 Å². The van der Waals surface area contributed by atoms with Crippen molar-refractivity contribution in [2.75, 3.05) is 6.54 Å². The van der Waals surface area contributed by atoms with Gasteiger partial charge in [0.25, 0.3) is 0 Å². The van der Waals surface area contributed by atoms with Crippen molar-refractivity contribution in [2.24, 2.45) is 16.1 Å². The number of nitrogens with zero attached hydrogens (tertiary/aromatic N) is 2. The molecule has 6 heteroatoms. The van der Waals surface area contributed by atoms with Crippen LogP contribution in [0.3, 0.4) is 0 Å². The number of nitrogens with two attached hydrogens (primary N) is 1. The first-order chi connectivity index (χ1) is 13.6. The van der Waals surface area contributed by atoms with E-state index in [4.69, 9.17) is 10.7 Å². The number of aliphatic imine (C=N–C) groups is 1. The van der Waals surface area contributed by atoms with Crippen LogP contribution in [-0.4, -0.2) is 23.3 Å². The molecule has 29 heavy (non-hydrogen) atoms. The Morgan fingerprint density at radius 2 is 1.83 bits per heavy atom. The summed E-state index contributed by atoms with van der Waals surface area (Å²) >= 11 is 0. The lowest BCUT2D eigenvalue weighted by Crippen LogP contribution is -2.50. The normalized spacial score (nSPS) is 18.9. The molecule has 0 fully saturated rings. The molecule has 0 saturated heterocycles. The van der Waals surface area contributed by atoms with Crippen molar-refractivity contribution in [2.45, 2.75) is 52.2 Å². The number of hydrogen-bond donors (Lipinski definition) is 1. The third-order valence-electron chi connectivity index (χ3n) is 5.31. The van der Waals surface area contributed by atoms with Gasteiger partial charge in [-0.05, 0) is 54.2 Å². The molecular formula is C23H28F3N3. The molecule has 1 heterocycles. The molecule has 3 nitrogen and oxygen atoms in total. The lowest BCUT2D eigenvalue weighted by atomic mass is 9.86. The maximum atomic E-state index is 14.4. The second kappa shape index (κ2) is 8.57. The number of halogens is 3. The summed E-state index contributed by atoms with van der Waals surface area (Å²) in [6.07, 6.45) is 1.32. The van der Waals surface area contributed by atoms with Gasteiger partial charge < -0.3 is 10.6 Å². The minimum Gasteiger partial charge on any atom is -0.355 e. The first kappa shape index (κ1) is 21.4. The third-order valence-corrected chi connectivity index (χ3v) is 5.31. The van der Waals surface area contributed by atoms with Crippen molar-refractivity contribution < 1.29 is 13.2 Å². The highest BCUT2D eigenvalue weighted by atomic mass is 19.1. The van der Waals surface area contributed by atoms with Crippen LogP contribution in [0.15, 0.2) is 47.5 Å². The molecule has 1 aliphatic heterocycles. The molecule has 0 bridgehead atoms. The Morgan fingerprint density at radius 1 is 1.10 bits per heavy atom. The van der Waals surface area contributed by atoms with E-state index in [-0.39, 0.29) is 16.8 Å². The molecule has 156 valence electrons. The van der Waals surface area contributed by atoms with Gasteiger partial charge in [-0.1, -0.05) is 32.9 Å². The van der Waals surface area contributed by atoms with Gasteiger partial charge in [0.1, 0.15) is 23.3 Å². The molecule has 0 radical (unpaired) electrons. The summed E-state index contributed by atoms with van der Waals surface area (Å²) in [5, 5.41) is 0. The average Bonchev–Trinajstić information content (AvgIpc) is 2.85. The molecule has 0 amide bonds. The summed E-state index contributed by atoms with van der Waals surface area (Å²) in [7, 11) is 0.